The SMILES string of the molecule is COc1ccccc1-c1cc(C(F)(F)F)c(C(C)=O)nn1. The molecule has 110 valence electrons. The molecule has 0 unspecified atom stereocenters. The zero-order valence-electron chi connectivity index (χ0n) is 11.2. The van der Waals surface area contributed by atoms with Gasteiger partial charge in [-0.3, -0.25) is 4.79 Å². The number of Topliss-reactive ketones (excluding diaryl/α,β-unsaturated/α-hetero) is 1. The lowest BCUT2D eigenvalue weighted by atomic mass is 10.1. The van der Waals surface area contributed by atoms with Crippen LogP contribution in [0.25, 0.3) is 11.3 Å². The molecule has 0 saturated carbocycles. The second-order valence-electron chi connectivity index (χ2n) is 4.25. The smallest absolute Gasteiger partial charge is 0.418 e. The number of alkyl halides is 3. The summed E-state index contributed by atoms with van der Waals surface area (Å²) in [5.41, 5.74) is -1.44. The molecule has 0 aliphatic rings. The summed E-state index contributed by atoms with van der Waals surface area (Å²) in [7, 11) is 1.40. The van der Waals surface area contributed by atoms with Gasteiger partial charge in [-0.25, -0.2) is 0 Å². The summed E-state index contributed by atoms with van der Waals surface area (Å²) in [4.78, 5) is 11.3. The second kappa shape index (κ2) is 5.51. The third-order valence-electron chi connectivity index (χ3n) is 2.82. The van der Waals surface area contributed by atoms with Crippen molar-refractivity contribution in [2.75, 3.05) is 7.11 Å². The van der Waals surface area contributed by atoms with Gasteiger partial charge in [0, 0.05) is 12.5 Å². The van der Waals surface area contributed by atoms with Crippen LogP contribution in [0, 0.1) is 0 Å². The molecule has 0 bridgehead atoms. The highest BCUT2D eigenvalue weighted by Gasteiger charge is 2.36. The fourth-order valence-electron chi connectivity index (χ4n) is 1.86. The maximum absolute atomic E-state index is 13.0. The number of methoxy groups -OCH3 is 1. The standard InChI is InChI=1S/C14H11F3N2O2/c1-8(20)13-10(14(15,16)17)7-11(18-19-13)9-5-3-4-6-12(9)21-2/h3-7H,1-2H3. The molecule has 0 fully saturated rings. The molecule has 0 N–H and O–H groups in total. The number of nitrogens with zero attached hydrogens (tertiary/aromatic N) is 2. The number of halogens is 3. The van der Waals surface area contributed by atoms with Crippen molar-refractivity contribution in [3.05, 3.63) is 41.6 Å². The third kappa shape index (κ3) is 3.01. The van der Waals surface area contributed by atoms with E-state index < -0.39 is 23.2 Å². The van der Waals surface area contributed by atoms with Gasteiger partial charge >= 0.3 is 6.18 Å². The van der Waals surface area contributed by atoms with Crippen LogP contribution in [0.4, 0.5) is 13.2 Å². The molecule has 1 aromatic carbocycles. The van der Waals surface area contributed by atoms with Crippen molar-refractivity contribution in [3.63, 3.8) is 0 Å². The molecule has 1 heterocycles. The summed E-state index contributed by atoms with van der Waals surface area (Å²) in [5, 5.41) is 7.12. The fraction of sp³-hybridized carbons (Fsp3) is 0.214. The second-order valence-corrected chi connectivity index (χ2v) is 4.25. The van der Waals surface area contributed by atoms with Crippen molar-refractivity contribution in [2.24, 2.45) is 0 Å². The number of benzene rings is 1. The summed E-state index contributed by atoms with van der Waals surface area (Å²) < 4.78 is 44.2. The van der Waals surface area contributed by atoms with Gasteiger partial charge in [-0.1, -0.05) is 12.1 Å². The first kappa shape index (κ1) is 15.0. The van der Waals surface area contributed by atoms with Crippen LogP contribution < -0.4 is 4.74 Å². The lowest BCUT2D eigenvalue weighted by Crippen LogP contribution is -2.15. The normalized spacial score (nSPS) is 11.3. The monoisotopic (exact) mass is 296 g/mol. The van der Waals surface area contributed by atoms with Gasteiger partial charge in [-0.2, -0.15) is 13.2 Å². The van der Waals surface area contributed by atoms with Gasteiger partial charge < -0.3 is 4.74 Å². The summed E-state index contributed by atoms with van der Waals surface area (Å²) in [6.07, 6.45) is -4.69. The van der Waals surface area contributed by atoms with E-state index in [-0.39, 0.29) is 5.69 Å². The van der Waals surface area contributed by atoms with E-state index in [0.29, 0.717) is 11.3 Å². The number of hydrogen-bond donors (Lipinski definition) is 0. The first-order valence-corrected chi connectivity index (χ1v) is 5.94. The van der Waals surface area contributed by atoms with Gasteiger partial charge in [0.2, 0.25) is 0 Å². The molecule has 0 amide bonds. The maximum atomic E-state index is 13.0. The molecule has 0 aliphatic carbocycles. The predicted molar refractivity (Wildman–Crippen MR) is 69.0 cm³/mol. The molecule has 4 nitrogen and oxygen atoms in total. The van der Waals surface area contributed by atoms with Gasteiger partial charge in [-0.15, -0.1) is 10.2 Å². The minimum Gasteiger partial charge on any atom is -0.496 e. The molecule has 2 rings (SSSR count). The van der Waals surface area contributed by atoms with Crippen LogP contribution in [0.5, 0.6) is 5.75 Å². The Morgan fingerprint density at radius 1 is 1.19 bits per heavy atom. The van der Waals surface area contributed by atoms with Crippen LogP contribution in [0.1, 0.15) is 23.0 Å². The van der Waals surface area contributed by atoms with E-state index in [1.807, 2.05) is 0 Å². The van der Waals surface area contributed by atoms with Gasteiger partial charge in [0.15, 0.2) is 5.78 Å². The highest BCUT2D eigenvalue weighted by molar-refractivity contribution is 5.94. The van der Waals surface area contributed by atoms with Gasteiger partial charge in [0.05, 0.1) is 18.4 Å². The first-order valence-electron chi connectivity index (χ1n) is 5.94. The lowest BCUT2D eigenvalue weighted by molar-refractivity contribution is -0.138. The predicted octanol–water partition coefficient (Wildman–Crippen LogP) is 3.37. The van der Waals surface area contributed by atoms with Crippen LogP contribution in [0.15, 0.2) is 30.3 Å². The minimum atomic E-state index is -4.69. The highest BCUT2D eigenvalue weighted by atomic mass is 19.4. The lowest BCUT2D eigenvalue weighted by Gasteiger charge is -2.12. The molecular weight excluding hydrogens is 285 g/mol. The van der Waals surface area contributed by atoms with Crippen molar-refractivity contribution in [2.45, 2.75) is 13.1 Å². The number of para-hydroxylation sites is 1. The van der Waals surface area contributed by atoms with E-state index in [4.69, 9.17) is 4.74 Å². The molecule has 1 aromatic heterocycles. The Labute approximate surface area is 118 Å². The molecule has 2 aromatic rings. The van der Waals surface area contributed by atoms with Crippen LogP contribution in [0.3, 0.4) is 0 Å². The van der Waals surface area contributed by atoms with E-state index in [2.05, 4.69) is 10.2 Å². The molecule has 0 atom stereocenters. The van der Waals surface area contributed by atoms with Crippen LogP contribution >= 0.6 is 0 Å². The van der Waals surface area contributed by atoms with Crippen molar-refractivity contribution < 1.29 is 22.7 Å². The Morgan fingerprint density at radius 2 is 1.86 bits per heavy atom. The minimum absolute atomic E-state index is 0.00947. The molecular formula is C14H11F3N2O2. The number of carbonyl (C=O) groups excluding carboxylic acids is 1. The summed E-state index contributed by atoms with van der Waals surface area (Å²) in [6.45, 7) is 1.02. The fourth-order valence-corrected chi connectivity index (χ4v) is 1.86. The molecule has 0 aliphatic heterocycles. The number of hydrogen-bond acceptors (Lipinski definition) is 4. The van der Waals surface area contributed by atoms with E-state index >= 15 is 0 Å². The van der Waals surface area contributed by atoms with Crippen molar-refractivity contribution >= 4 is 5.78 Å². The zero-order valence-corrected chi connectivity index (χ0v) is 11.2. The Bertz CT molecular complexity index is 684. The van der Waals surface area contributed by atoms with Gasteiger partial charge in [0.25, 0.3) is 0 Å². The van der Waals surface area contributed by atoms with Crippen molar-refractivity contribution in [1.82, 2.24) is 10.2 Å². The van der Waals surface area contributed by atoms with Gasteiger partial charge in [0.1, 0.15) is 11.4 Å². The summed E-state index contributed by atoms with van der Waals surface area (Å²) >= 11 is 0. The number of ether oxygens (including phenoxy) is 1. The Hall–Kier alpha value is -2.44. The van der Waals surface area contributed by atoms with Crippen LogP contribution in [-0.2, 0) is 6.18 Å². The topological polar surface area (TPSA) is 52.1 Å². The average molecular weight is 296 g/mol. The number of ketones is 1. The van der Waals surface area contributed by atoms with Crippen LogP contribution in [-0.4, -0.2) is 23.1 Å². The molecule has 0 spiro atoms. The van der Waals surface area contributed by atoms with Crippen molar-refractivity contribution in [1.29, 1.82) is 0 Å². The van der Waals surface area contributed by atoms with E-state index in [9.17, 15) is 18.0 Å². The van der Waals surface area contributed by atoms with Crippen molar-refractivity contribution in [3.8, 4) is 17.0 Å². The Kier molecular flexibility index (Phi) is 3.93. The van der Waals surface area contributed by atoms with E-state index in [1.54, 1.807) is 24.3 Å². The summed E-state index contributed by atoms with van der Waals surface area (Å²) in [5.74, 6) is -0.420. The third-order valence-corrected chi connectivity index (χ3v) is 2.82. The number of aromatic nitrogens is 2. The average Bonchev–Trinajstić information content (AvgIpc) is 2.45. The molecule has 7 heteroatoms. The first-order chi connectivity index (χ1) is 9.84. The largest absolute Gasteiger partial charge is 0.496 e. The Morgan fingerprint density at radius 3 is 2.43 bits per heavy atom. The van der Waals surface area contributed by atoms with Gasteiger partial charge in [-0.05, 0) is 18.2 Å². The molecule has 0 radical (unpaired) electrons. The Balaban J connectivity index is 2.65. The molecule has 21 heavy (non-hydrogen) atoms. The van der Waals surface area contributed by atoms with E-state index in [0.717, 1.165) is 13.0 Å². The zero-order chi connectivity index (χ0) is 15.6. The highest BCUT2D eigenvalue weighted by Crippen LogP contribution is 2.35. The van der Waals surface area contributed by atoms with E-state index in [1.165, 1.54) is 7.11 Å². The number of rotatable bonds is 3. The maximum Gasteiger partial charge on any atom is 0.418 e. The molecule has 0 saturated heterocycles. The quantitative estimate of drug-likeness (QED) is 0.815. The summed E-state index contributed by atoms with van der Waals surface area (Å²) in [6, 6.07) is 7.30. The van der Waals surface area contributed by atoms with Crippen LogP contribution in [0.2, 0.25) is 0 Å². The number of carbonyl (C=O) groups is 1.